The molecule has 0 aromatic carbocycles. The highest BCUT2D eigenvalue weighted by atomic mass is 16.7. The number of hydrogen-bond donors (Lipinski definition) is 2. The molecule has 0 aromatic rings. The number of carboxylic acids is 1. The predicted octanol–water partition coefficient (Wildman–Crippen LogP) is -0.122. The highest BCUT2D eigenvalue weighted by molar-refractivity contribution is 5.84. The van der Waals surface area contributed by atoms with Crippen molar-refractivity contribution in [3.8, 4) is 0 Å². The molecule has 1 rings (SSSR count). The van der Waals surface area contributed by atoms with Crippen LogP contribution in [0.3, 0.4) is 0 Å². The Balaban J connectivity index is 2.62. The summed E-state index contributed by atoms with van der Waals surface area (Å²) in [4.78, 5) is 14.7. The van der Waals surface area contributed by atoms with Crippen molar-refractivity contribution < 1.29 is 14.7 Å². The maximum atomic E-state index is 10.1. The van der Waals surface area contributed by atoms with Crippen molar-refractivity contribution in [1.82, 2.24) is 5.48 Å². The molecule has 4 heteroatoms. The van der Waals surface area contributed by atoms with Crippen LogP contribution in [0.5, 0.6) is 0 Å². The Morgan fingerprint density at radius 2 is 2.67 bits per heavy atom. The van der Waals surface area contributed by atoms with E-state index in [0.717, 1.165) is 0 Å². The second-order valence-corrected chi connectivity index (χ2v) is 1.84. The zero-order valence-corrected chi connectivity index (χ0v) is 4.92. The molecule has 0 fully saturated rings. The quantitative estimate of drug-likeness (QED) is 0.518. The molecular weight excluding hydrogens is 122 g/mol. The average molecular weight is 129 g/mol. The van der Waals surface area contributed by atoms with Gasteiger partial charge in [0, 0.05) is 0 Å². The summed E-state index contributed by atoms with van der Waals surface area (Å²) in [6, 6.07) is -0.00361. The first-order valence-electron chi connectivity index (χ1n) is 2.57. The van der Waals surface area contributed by atoms with Gasteiger partial charge < -0.3 is 9.94 Å². The van der Waals surface area contributed by atoms with Gasteiger partial charge in [-0.25, -0.2) is 4.79 Å². The van der Waals surface area contributed by atoms with Gasteiger partial charge in [-0.2, -0.15) is 0 Å². The Labute approximate surface area is 52.1 Å². The molecule has 50 valence electrons. The lowest BCUT2D eigenvalue weighted by Gasteiger charge is -1.96. The fourth-order valence-corrected chi connectivity index (χ4v) is 0.566. The molecule has 0 saturated carbocycles. The van der Waals surface area contributed by atoms with Crippen LogP contribution in [0, 0.1) is 0 Å². The molecule has 0 radical (unpaired) electrons. The third-order valence-corrected chi connectivity index (χ3v) is 0.967. The van der Waals surface area contributed by atoms with Crippen molar-refractivity contribution in [2.24, 2.45) is 0 Å². The summed E-state index contributed by atoms with van der Waals surface area (Å²) >= 11 is 0. The van der Waals surface area contributed by atoms with E-state index in [-0.39, 0.29) is 11.8 Å². The van der Waals surface area contributed by atoms with Crippen molar-refractivity contribution in [2.75, 3.05) is 0 Å². The SMILES string of the molecule is CC1C=C(C(=O)O)ON1. The van der Waals surface area contributed by atoms with E-state index < -0.39 is 5.97 Å². The van der Waals surface area contributed by atoms with Gasteiger partial charge in [-0.05, 0) is 13.0 Å². The summed E-state index contributed by atoms with van der Waals surface area (Å²) in [6.07, 6.45) is 1.50. The number of aliphatic carboxylic acids is 1. The molecule has 1 atom stereocenters. The van der Waals surface area contributed by atoms with Gasteiger partial charge in [0.15, 0.2) is 0 Å². The summed E-state index contributed by atoms with van der Waals surface area (Å²) in [5.74, 6) is -1.06. The molecule has 1 aliphatic heterocycles. The lowest BCUT2D eigenvalue weighted by Crippen LogP contribution is -2.16. The van der Waals surface area contributed by atoms with Crippen LogP contribution in [-0.2, 0) is 9.63 Å². The van der Waals surface area contributed by atoms with E-state index in [1.807, 2.05) is 0 Å². The van der Waals surface area contributed by atoms with Crippen LogP contribution in [0.1, 0.15) is 6.92 Å². The molecule has 1 unspecified atom stereocenters. The van der Waals surface area contributed by atoms with Gasteiger partial charge in [0.2, 0.25) is 5.76 Å². The zero-order chi connectivity index (χ0) is 6.85. The summed E-state index contributed by atoms with van der Waals surface area (Å²) in [7, 11) is 0. The van der Waals surface area contributed by atoms with E-state index in [9.17, 15) is 4.79 Å². The standard InChI is InChI=1S/C5H7NO3/c1-3-2-4(5(7)8)9-6-3/h2-3,6H,1H3,(H,7,8). The van der Waals surface area contributed by atoms with Gasteiger partial charge in [-0.3, -0.25) is 0 Å². The van der Waals surface area contributed by atoms with Crippen molar-refractivity contribution in [1.29, 1.82) is 0 Å². The second-order valence-electron chi connectivity index (χ2n) is 1.84. The summed E-state index contributed by atoms with van der Waals surface area (Å²) in [6.45, 7) is 1.80. The van der Waals surface area contributed by atoms with Crippen LogP contribution < -0.4 is 5.48 Å². The monoisotopic (exact) mass is 129 g/mol. The van der Waals surface area contributed by atoms with Crippen LogP contribution in [0.15, 0.2) is 11.8 Å². The van der Waals surface area contributed by atoms with Crippen molar-refractivity contribution in [3.05, 3.63) is 11.8 Å². The molecule has 0 aromatic heterocycles. The van der Waals surface area contributed by atoms with Crippen molar-refractivity contribution >= 4 is 5.97 Å². The fourth-order valence-electron chi connectivity index (χ4n) is 0.566. The Bertz CT molecular complexity index is 164. The van der Waals surface area contributed by atoms with E-state index in [4.69, 9.17) is 5.11 Å². The molecule has 0 bridgehead atoms. The van der Waals surface area contributed by atoms with Crippen LogP contribution in [0.4, 0.5) is 0 Å². The predicted molar refractivity (Wildman–Crippen MR) is 29.4 cm³/mol. The van der Waals surface area contributed by atoms with Gasteiger partial charge in [-0.1, -0.05) is 0 Å². The molecule has 0 amide bonds. The Kier molecular flexibility index (Phi) is 1.40. The van der Waals surface area contributed by atoms with Crippen molar-refractivity contribution in [3.63, 3.8) is 0 Å². The first kappa shape index (κ1) is 6.10. The number of hydrogen-bond acceptors (Lipinski definition) is 3. The highest BCUT2D eigenvalue weighted by Gasteiger charge is 2.17. The minimum Gasteiger partial charge on any atom is -0.475 e. The van der Waals surface area contributed by atoms with Crippen LogP contribution in [0.25, 0.3) is 0 Å². The minimum absolute atomic E-state index is 0.00361. The van der Waals surface area contributed by atoms with Crippen LogP contribution in [0.2, 0.25) is 0 Å². The molecular formula is C5H7NO3. The van der Waals surface area contributed by atoms with E-state index in [1.165, 1.54) is 6.08 Å². The largest absolute Gasteiger partial charge is 0.475 e. The third kappa shape index (κ3) is 1.20. The maximum Gasteiger partial charge on any atom is 0.373 e. The Morgan fingerprint density at radius 1 is 2.00 bits per heavy atom. The highest BCUT2D eigenvalue weighted by Crippen LogP contribution is 2.05. The fraction of sp³-hybridized carbons (Fsp3) is 0.400. The van der Waals surface area contributed by atoms with E-state index in [0.29, 0.717) is 0 Å². The van der Waals surface area contributed by atoms with E-state index in [2.05, 4.69) is 10.3 Å². The topological polar surface area (TPSA) is 58.6 Å². The van der Waals surface area contributed by atoms with E-state index >= 15 is 0 Å². The number of carboxylic acid groups (broad SMARTS) is 1. The molecule has 0 spiro atoms. The third-order valence-electron chi connectivity index (χ3n) is 0.967. The minimum atomic E-state index is -1.04. The van der Waals surface area contributed by atoms with Crippen LogP contribution in [-0.4, -0.2) is 17.1 Å². The Morgan fingerprint density at radius 3 is 2.89 bits per heavy atom. The maximum absolute atomic E-state index is 10.1. The molecule has 1 aliphatic rings. The van der Waals surface area contributed by atoms with Gasteiger partial charge in [0.05, 0.1) is 6.04 Å². The molecule has 1 heterocycles. The molecule has 0 aliphatic carbocycles. The van der Waals surface area contributed by atoms with Gasteiger partial charge in [0.25, 0.3) is 0 Å². The van der Waals surface area contributed by atoms with Gasteiger partial charge >= 0.3 is 5.97 Å². The average Bonchev–Trinajstić information content (AvgIpc) is 2.14. The number of hydroxylamine groups is 1. The van der Waals surface area contributed by atoms with Gasteiger partial charge in [0.1, 0.15) is 0 Å². The number of rotatable bonds is 1. The normalized spacial score (nSPS) is 25.0. The summed E-state index contributed by atoms with van der Waals surface area (Å²) < 4.78 is 0. The first-order chi connectivity index (χ1) is 4.20. The summed E-state index contributed by atoms with van der Waals surface area (Å²) in [5.41, 5.74) is 2.48. The number of nitrogens with one attached hydrogen (secondary N) is 1. The second kappa shape index (κ2) is 2.06. The lowest BCUT2D eigenvalue weighted by molar-refractivity contribution is -0.137. The first-order valence-corrected chi connectivity index (χ1v) is 2.57. The lowest BCUT2D eigenvalue weighted by atomic mass is 10.3. The molecule has 4 nitrogen and oxygen atoms in total. The molecule has 9 heavy (non-hydrogen) atoms. The molecule has 0 saturated heterocycles. The summed E-state index contributed by atoms with van der Waals surface area (Å²) in [5, 5.41) is 8.30. The van der Waals surface area contributed by atoms with E-state index in [1.54, 1.807) is 6.92 Å². The smallest absolute Gasteiger partial charge is 0.373 e. The van der Waals surface area contributed by atoms with Crippen LogP contribution >= 0.6 is 0 Å². The molecule has 2 N–H and O–H groups in total. The van der Waals surface area contributed by atoms with Crippen molar-refractivity contribution in [2.45, 2.75) is 13.0 Å². The zero-order valence-electron chi connectivity index (χ0n) is 4.92. The van der Waals surface area contributed by atoms with Gasteiger partial charge in [-0.15, -0.1) is 5.48 Å². The number of carbonyl (C=O) groups is 1. The Hall–Kier alpha value is -1.03.